The minimum absolute atomic E-state index is 0.146. The molecule has 0 aliphatic carbocycles. The van der Waals surface area contributed by atoms with E-state index in [4.69, 9.17) is 21.1 Å². The highest BCUT2D eigenvalue weighted by Crippen LogP contribution is 2.58. The molecule has 0 radical (unpaired) electrons. The molecule has 4 atom stereocenters. The van der Waals surface area contributed by atoms with Crippen LogP contribution >= 0.6 is 11.6 Å². The third kappa shape index (κ3) is 3.50. The van der Waals surface area contributed by atoms with Gasteiger partial charge in [-0.05, 0) is 42.7 Å². The fourth-order valence-electron chi connectivity index (χ4n) is 6.56. The molecule has 0 aromatic heterocycles. The number of rotatable bonds is 6. The molecular formula is C28H26ClN3O5. The summed E-state index contributed by atoms with van der Waals surface area (Å²) in [4.78, 5) is 28.2. The molecule has 1 spiro atoms. The van der Waals surface area contributed by atoms with E-state index in [1.807, 2.05) is 54.6 Å². The van der Waals surface area contributed by atoms with E-state index >= 15 is 0 Å². The van der Waals surface area contributed by atoms with Gasteiger partial charge in [-0.3, -0.25) is 19.8 Å². The second-order valence-electron chi connectivity index (χ2n) is 9.72. The maximum Gasteiger partial charge on any atom is 0.256 e. The normalized spacial score (nSPS) is 26.1. The molecule has 190 valence electrons. The summed E-state index contributed by atoms with van der Waals surface area (Å²) < 4.78 is 11.7. The van der Waals surface area contributed by atoms with E-state index in [2.05, 4.69) is 10.2 Å². The summed E-state index contributed by atoms with van der Waals surface area (Å²) in [5.41, 5.74) is 1.58. The van der Waals surface area contributed by atoms with Crippen LogP contribution in [0.5, 0.6) is 11.5 Å². The highest BCUT2D eigenvalue weighted by molar-refractivity contribution is 6.31. The van der Waals surface area contributed by atoms with Crippen molar-refractivity contribution >= 4 is 23.2 Å². The van der Waals surface area contributed by atoms with Crippen LogP contribution in [0.3, 0.4) is 0 Å². The molecule has 2 fully saturated rings. The second-order valence-corrected chi connectivity index (χ2v) is 10.1. The number of ether oxygens (including phenoxy) is 2. The Morgan fingerprint density at radius 1 is 1.14 bits per heavy atom. The predicted molar refractivity (Wildman–Crippen MR) is 139 cm³/mol. The summed E-state index contributed by atoms with van der Waals surface area (Å²) in [5, 5.41) is 16.3. The average Bonchev–Trinajstić information content (AvgIpc) is 3.56. The van der Waals surface area contributed by atoms with Crippen molar-refractivity contribution in [3.8, 4) is 11.5 Å². The Kier molecular flexibility index (Phi) is 5.81. The van der Waals surface area contributed by atoms with Gasteiger partial charge >= 0.3 is 0 Å². The van der Waals surface area contributed by atoms with Crippen LogP contribution < -0.4 is 14.8 Å². The van der Waals surface area contributed by atoms with Crippen molar-refractivity contribution in [3.05, 3.63) is 98.6 Å². The number of fused-ring (bicyclic) bond motifs is 4. The number of halogens is 1. The SMILES string of the molecule is COc1cc([C@H]2[C@H]([N+](=O)[O-])[C@]3(C(=O)Nc4ccccc43)N3CCC[C@@H]23)ccc1OCc1ccccc1Cl. The summed E-state index contributed by atoms with van der Waals surface area (Å²) in [6.07, 6.45) is 1.65. The lowest BCUT2D eigenvalue weighted by molar-refractivity contribution is -0.534. The molecule has 8 nitrogen and oxygen atoms in total. The van der Waals surface area contributed by atoms with Crippen molar-refractivity contribution in [2.45, 2.75) is 43.0 Å². The first-order chi connectivity index (χ1) is 18.0. The molecule has 0 bridgehead atoms. The number of nitrogens with one attached hydrogen (secondary N) is 1. The molecule has 0 saturated carbocycles. The molecule has 37 heavy (non-hydrogen) atoms. The van der Waals surface area contributed by atoms with Crippen LogP contribution in [-0.4, -0.2) is 41.5 Å². The van der Waals surface area contributed by atoms with Gasteiger partial charge in [-0.15, -0.1) is 0 Å². The van der Waals surface area contributed by atoms with Crippen molar-refractivity contribution in [3.63, 3.8) is 0 Å². The number of benzene rings is 3. The van der Waals surface area contributed by atoms with Gasteiger partial charge in [-0.25, -0.2) is 0 Å². The maximum absolute atomic E-state index is 13.6. The van der Waals surface area contributed by atoms with Crippen molar-refractivity contribution in [1.29, 1.82) is 0 Å². The number of nitrogens with zero attached hydrogens (tertiary/aromatic N) is 2. The van der Waals surface area contributed by atoms with Crippen LogP contribution in [0.4, 0.5) is 5.69 Å². The van der Waals surface area contributed by atoms with E-state index in [9.17, 15) is 14.9 Å². The first-order valence-electron chi connectivity index (χ1n) is 12.3. The topological polar surface area (TPSA) is 93.9 Å². The highest BCUT2D eigenvalue weighted by Gasteiger charge is 2.73. The Morgan fingerprint density at radius 3 is 2.70 bits per heavy atom. The molecule has 1 amide bonds. The second kappa shape index (κ2) is 9.04. The zero-order chi connectivity index (χ0) is 25.7. The van der Waals surface area contributed by atoms with Crippen LogP contribution in [0.2, 0.25) is 5.02 Å². The van der Waals surface area contributed by atoms with Crippen LogP contribution in [0.25, 0.3) is 0 Å². The Labute approximate surface area is 219 Å². The largest absolute Gasteiger partial charge is 0.493 e. The fourth-order valence-corrected chi connectivity index (χ4v) is 6.75. The van der Waals surface area contributed by atoms with E-state index in [-0.39, 0.29) is 23.5 Å². The number of hydrogen-bond donors (Lipinski definition) is 1. The number of para-hydroxylation sites is 1. The van der Waals surface area contributed by atoms with Crippen molar-refractivity contribution in [2.24, 2.45) is 0 Å². The molecule has 3 heterocycles. The van der Waals surface area contributed by atoms with Gasteiger partial charge in [0.1, 0.15) is 6.61 Å². The van der Waals surface area contributed by atoms with Gasteiger partial charge in [0, 0.05) is 39.3 Å². The van der Waals surface area contributed by atoms with Crippen molar-refractivity contribution in [1.82, 2.24) is 4.90 Å². The van der Waals surface area contributed by atoms with Gasteiger partial charge in [0.25, 0.3) is 11.9 Å². The summed E-state index contributed by atoms with van der Waals surface area (Å²) in [5.74, 6) is 0.176. The number of anilines is 1. The molecule has 3 aromatic rings. The van der Waals surface area contributed by atoms with Crippen LogP contribution in [-0.2, 0) is 16.9 Å². The van der Waals surface area contributed by atoms with Crippen molar-refractivity contribution < 1.29 is 19.2 Å². The van der Waals surface area contributed by atoms with Crippen LogP contribution in [0.15, 0.2) is 66.7 Å². The summed E-state index contributed by atoms with van der Waals surface area (Å²) >= 11 is 6.27. The van der Waals surface area contributed by atoms with E-state index in [0.29, 0.717) is 34.3 Å². The molecule has 0 unspecified atom stereocenters. The minimum atomic E-state index is -1.35. The lowest BCUT2D eigenvalue weighted by atomic mass is 9.77. The smallest absolute Gasteiger partial charge is 0.256 e. The van der Waals surface area contributed by atoms with Gasteiger partial charge in [0.2, 0.25) is 0 Å². The van der Waals surface area contributed by atoms with Gasteiger partial charge in [0.15, 0.2) is 17.0 Å². The lowest BCUT2D eigenvalue weighted by Gasteiger charge is -2.32. The minimum Gasteiger partial charge on any atom is -0.493 e. The third-order valence-corrected chi connectivity index (χ3v) is 8.38. The van der Waals surface area contributed by atoms with Gasteiger partial charge < -0.3 is 14.8 Å². The molecule has 3 aliphatic heterocycles. The number of methoxy groups -OCH3 is 1. The molecular weight excluding hydrogens is 494 g/mol. The van der Waals surface area contributed by atoms with Crippen LogP contribution in [0, 0.1) is 10.1 Å². The molecule has 3 aromatic carbocycles. The molecule has 3 aliphatic rings. The fraction of sp³-hybridized carbons (Fsp3) is 0.321. The summed E-state index contributed by atoms with van der Waals surface area (Å²) in [6.45, 7) is 0.885. The summed E-state index contributed by atoms with van der Waals surface area (Å²) in [7, 11) is 1.55. The third-order valence-electron chi connectivity index (χ3n) is 8.01. The van der Waals surface area contributed by atoms with Gasteiger partial charge in [-0.2, -0.15) is 0 Å². The zero-order valence-electron chi connectivity index (χ0n) is 20.2. The van der Waals surface area contributed by atoms with E-state index in [1.54, 1.807) is 19.2 Å². The monoisotopic (exact) mass is 519 g/mol. The summed E-state index contributed by atoms with van der Waals surface area (Å²) in [6, 6.07) is 18.9. The Hall–Kier alpha value is -3.62. The van der Waals surface area contributed by atoms with E-state index in [1.165, 1.54) is 0 Å². The quantitative estimate of drug-likeness (QED) is 0.364. The molecule has 9 heteroatoms. The van der Waals surface area contributed by atoms with E-state index < -0.39 is 17.5 Å². The molecule has 1 N–H and O–H groups in total. The number of hydrogen-bond acceptors (Lipinski definition) is 6. The number of amides is 1. The molecule has 2 saturated heterocycles. The Balaban J connectivity index is 1.40. The molecule has 6 rings (SSSR count). The van der Waals surface area contributed by atoms with Crippen LogP contribution in [0.1, 0.15) is 35.4 Å². The van der Waals surface area contributed by atoms with Crippen molar-refractivity contribution in [2.75, 3.05) is 19.0 Å². The average molecular weight is 520 g/mol. The lowest BCUT2D eigenvalue weighted by Crippen LogP contribution is -2.55. The Bertz CT molecular complexity index is 1400. The number of nitro groups is 1. The Morgan fingerprint density at radius 2 is 1.92 bits per heavy atom. The predicted octanol–water partition coefficient (Wildman–Crippen LogP) is 4.98. The maximum atomic E-state index is 13.6. The first-order valence-corrected chi connectivity index (χ1v) is 12.7. The zero-order valence-corrected chi connectivity index (χ0v) is 21.0. The van der Waals surface area contributed by atoms with Gasteiger partial charge in [0.05, 0.1) is 13.0 Å². The van der Waals surface area contributed by atoms with Gasteiger partial charge in [-0.1, -0.05) is 54.1 Å². The number of carbonyl (C=O) groups excluding carboxylic acids is 1. The first kappa shape index (κ1) is 23.8. The standard InChI is InChI=1S/C28H26ClN3O5/c1-36-24-15-17(12-13-23(24)37-16-18-7-2-4-9-20(18)29)25-22-11-6-14-31(22)28(26(25)32(34)35)19-8-3-5-10-21(19)30-27(28)33/h2-5,7-10,12-13,15,22,25-26H,6,11,14,16H2,1H3,(H,30,33)/t22-,25+,26-,28+/m0/s1. The number of carbonyl (C=O) groups is 1. The highest BCUT2D eigenvalue weighted by atomic mass is 35.5. The van der Waals surface area contributed by atoms with E-state index in [0.717, 1.165) is 24.0 Å².